The van der Waals surface area contributed by atoms with Crippen LogP contribution >= 0.6 is 0 Å². The SMILES string of the molecule is CNCc1c(C)nn(C(C)C)c1C. The van der Waals surface area contributed by atoms with E-state index in [-0.39, 0.29) is 0 Å². The molecule has 0 saturated heterocycles. The molecule has 0 saturated carbocycles. The minimum absolute atomic E-state index is 0.448. The van der Waals surface area contributed by atoms with Crippen molar-refractivity contribution in [1.82, 2.24) is 15.1 Å². The fourth-order valence-electron chi connectivity index (χ4n) is 1.63. The highest BCUT2D eigenvalue weighted by Gasteiger charge is 2.11. The van der Waals surface area contributed by atoms with E-state index >= 15 is 0 Å². The molecule has 0 aliphatic rings. The summed E-state index contributed by atoms with van der Waals surface area (Å²) in [6, 6.07) is 0.448. The fraction of sp³-hybridized carbons (Fsp3) is 0.700. The van der Waals surface area contributed by atoms with Crippen LogP contribution in [-0.4, -0.2) is 16.8 Å². The van der Waals surface area contributed by atoms with Crippen molar-refractivity contribution in [1.29, 1.82) is 0 Å². The molecule has 1 rings (SSSR count). The van der Waals surface area contributed by atoms with Crippen molar-refractivity contribution in [3.63, 3.8) is 0 Å². The minimum atomic E-state index is 0.448. The molecule has 0 atom stereocenters. The zero-order valence-corrected chi connectivity index (χ0v) is 9.18. The maximum atomic E-state index is 4.50. The highest BCUT2D eigenvalue weighted by molar-refractivity contribution is 5.24. The highest BCUT2D eigenvalue weighted by atomic mass is 15.3. The molecule has 74 valence electrons. The van der Waals surface area contributed by atoms with Crippen molar-refractivity contribution in [3.05, 3.63) is 17.0 Å². The van der Waals surface area contributed by atoms with Crippen LogP contribution in [0.1, 0.15) is 36.8 Å². The largest absolute Gasteiger partial charge is 0.316 e. The molecular formula is C10H19N3. The Hall–Kier alpha value is -0.830. The van der Waals surface area contributed by atoms with E-state index in [0.717, 1.165) is 12.2 Å². The molecule has 0 bridgehead atoms. The first kappa shape index (κ1) is 10.3. The lowest BCUT2D eigenvalue weighted by Gasteiger charge is -2.08. The van der Waals surface area contributed by atoms with Gasteiger partial charge in [0.25, 0.3) is 0 Å². The lowest BCUT2D eigenvalue weighted by atomic mass is 10.2. The summed E-state index contributed by atoms with van der Waals surface area (Å²) in [6.07, 6.45) is 0. The molecule has 0 aliphatic carbocycles. The van der Waals surface area contributed by atoms with Crippen molar-refractivity contribution in [2.75, 3.05) is 7.05 Å². The van der Waals surface area contributed by atoms with Gasteiger partial charge in [-0.05, 0) is 34.7 Å². The second-order valence-corrected chi connectivity index (χ2v) is 3.72. The van der Waals surface area contributed by atoms with Gasteiger partial charge >= 0.3 is 0 Å². The molecule has 1 aromatic rings. The summed E-state index contributed by atoms with van der Waals surface area (Å²) < 4.78 is 2.09. The average molecular weight is 181 g/mol. The van der Waals surface area contributed by atoms with E-state index in [2.05, 4.69) is 42.8 Å². The van der Waals surface area contributed by atoms with Crippen LogP contribution in [0.25, 0.3) is 0 Å². The molecule has 13 heavy (non-hydrogen) atoms. The van der Waals surface area contributed by atoms with Crippen LogP contribution < -0.4 is 5.32 Å². The predicted octanol–water partition coefficient (Wildman–Crippen LogP) is 1.80. The Labute approximate surface area is 80.1 Å². The normalized spacial score (nSPS) is 11.2. The molecule has 0 radical (unpaired) electrons. The second-order valence-electron chi connectivity index (χ2n) is 3.72. The number of rotatable bonds is 3. The third kappa shape index (κ3) is 1.91. The lowest BCUT2D eigenvalue weighted by Crippen LogP contribution is -2.08. The Kier molecular flexibility index (Phi) is 3.09. The van der Waals surface area contributed by atoms with Gasteiger partial charge in [-0.15, -0.1) is 0 Å². The van der Waals surface area contributed by atoms with E-state index in [4.69, 9.17) is 0 Å². The Morgan fingerprint density at radius 2 is 2.00 bits per heavy atom. The predicted molar refractivity (Wildman–Crippen MR) is 54.8 cm³/mol. The van der Waals surface area contributed by atoms with Gasteiger partial charge in [0.1, 0.15) is 0 Å². The van der Waals surface area contributed by atoms with Gasteiger partial charge in [-0.3, -0.25) is 4.68 Å². The number of nitrogens with zero attached hydrogens (tertiary/aromatic N) is 2. The van der Waals surface area contributed by atoms with E-state index in [1.165, 1.54) is 11.3 Å². The molecule has 0 amide bonds. The molecule has 0 aliphatic heterocycles. The molecule has 1 aromatic heterocycles. The van der Waals surface area contributed by atoms with Gasteiger partial charge in [-0.2, -0.15) is 5.10 Å². The Morgan fingerprint density at radius 1 is 1.38 bits per heavy atom. The number of nitrogens with one attached hydrogen (secondary N) is 1. The summed E-state index contributed by atoms with van der Waals surface area (Å²) in [5, 5.41) is 7.67. The number of aromatic nitrogens is 2. The third-order valence-corrected chi connectivity index (χ3v) is 2.32. The second kappa shape index (κ2) is 3.92. The molecule has 1 heterocycles. The minimum Gasteiger partial charge on any atom is -0.316 e. The summed E-state index contributed by atoms with van der Waals surface area (Å²) in [7, 11) is 1.96. The van der Waals surface area contributed by atoms with Gasteiger partial charge < -0.3 is 5.32 Å². The topological polar surface area (TPSA) is 29.9 Å². The van der Waals surface area contributed by atoms with Gasteiger partial charge in [0.05, 0.1) is 5.69 Å². The van der Waals surface area contributed by atoms with Crippen molar-refractivity contribution in [2.45, 2.75) is 40.3 Å². The quantitative estimate of drug-likeness (QED) is 0.770. The lowest BCUT2D eigenvalue weighted by molar-refractivity contribution is 0.515. The number of aryl methyl sites for hydroxylation is 1. The van der Waals surface area contributed by atoms with E-state index in [9.17, 15) is 0 Å². The number of hydrogen-bond acceptors (Lipinski definition) is 2. The van der Waals surface area contributed by atoms with Gasteiger partial charge in [-0.1, -0.05) is 0 Å². The molecule has 0 unspecified atom stereocenters. The summed E-state index contributed by atoms with van der Waals surface area (Å²) in [6.45, 7) is 9.42. The highest BCUT2D eigenvalue weighted by Crippen LogP contribution is 2.16. The zero-order chi connectivity index (χ0) is 10.0. The van der Waals surface area contributed by atoms with Gasteiger partial charge in [0.15, 0.2) is 0 Å². The van der Waals surface area contributed by atoms with Gasteiger partial charge in [0.2, 0.25) is 0 Å². The molecule has 0 aromatic carbocycles. The maximum Gasteiger partial charge on any atom is 0.0641 e. The van der Waals surface area contributed by atoms with E-state index in [1.807, 2.05) is 7.05 Å². The molecule has 3 nitrogen and oxygen atoms in total. The van der Waals surface area contributed by atoms with Gasteiger partial charge in [-0.25, -0.2) is 0 Å². The van der Waals surface area contributed by atoms with E-state index < -0.39 is 0 Å². The Bertz CT molecular complexity index is 287. The van der Waals surface area contributed by atoms with Crippen molar-refractivity contribution in [2.24, 2.45) is 0 Å². The van der Waals surface area contributed by atoms with Crippen LogP contribution in [0, 0.1) is 13.8 Å². The van der Waals surface area contributed by atoms with Crippen LogP contribution in [0.5, 0.6) is 0 Å². The summed E-state index contributed by atoms with van der Waals surface area (Å²) in [4.78, 5) is 0. The first-order valence-electron chi connectivity index (χ1n) is 4.77. The van der Waals surface area contributed by atoms with Crippen LogP contribution in [0.15, 0.2) is 0 Å². The Balaban J connectivity index is 3.07. The van der Waals surface area contributed by atoms with Crippen LogP contribution in [0.2, 0.25) is 0 Å². The summed E-state index contributed by atoms with van der Waals surface area (Å²) >= 11 is 0. The molecule has 0 fully saturated rings. The smallest absolute Gasteiger partial charge is 0.0641 e. The Morgan fingerprint density at radius 3 is 2.38 bits per heavy atom. The van der Waals surface area contributed by atoms with Crippen molar-refractivity contribution < 1.29 is 0 Å². The van der Waals surface area contributed by atoms with Gasteiger partial charge in [0, 0.05) is 23.8 Å². The van der Waals surface area contributed by atoms with Crippen molar-refractivity contribution >= 4 is 0 Å². The van der Waals surface area contributed by atoms with Crippen LogP contribution in [0.4, 0.5) is 0 Å². The fourth-order valence-corrected chi connectivity index (χ4v) is 1.63. The molecule has 1 N–H and O–H groups in total. The zero-order valence-electron chi connectivity index (χ0n) is 9.18. The third-order valence-electron chi connectivity index (χ3n) is 2.32. The van der Waals surface area contributed by atoms with E-state index in [0.29, 0.717) is 6.04 Å². The standard InChI is InChI=1S/C10H19N3/c1-7(2)13-9(4)10(6-11-5)8(3)12-13/h7,11H,6H2,1-5H3. The molecule has 3 heteroatoms. The monoisotopic (exact) mass is 181 g/mol. The van der Waals surface area contributed by atoms with E-state index in [1.54, 1.807) is 0 Å². The van der Waals surface area contributed by atoms with Crippen LogP contribution in [-0.2, 0) is 6.54 Å². The summed E-state index contributed by atoms with van der Waals surface area (Å²) in [5.41, 5.74) is 3.75. The molecule has 0 spiro atoms. The average Bonchev–Trinajstić information content (AvgIpc) is 2.32. The van der Waals surface area contributed by atoms with Crippen molar-refractivity contribution in [3.8, 4) is 0 Å². The first-order chi connectivity index (χ1) is 6.07. The maximum absolute atomic E-state index is 4.50. The first-order valence-corrected chi connectivity index (χ1v) is 4.77. The number of hydrogen-bond donors (Lipinski definition) is 1. The van der Waals surface area contributed by atoms with Crippen LogP contribution in [0.3, 0.4) is 0 Å². The molecular weight excluding hydrogens is 162 g/mol. The summed E-state index contributed by atoms with van der Waals surface area (Å²) in [5.74, 6) is 0.